The van der Waals surface area contributed by atoms with E-state index in [0.29, 0.717) is 16.3 Å². The van der Waals surface area contributed by atoms with Crippen molar-refractivity contribution in [1.29, 1.82) is 0 Å². The maximum atomic E-state index is 12.7. The van der Waals surface area contributed by atoms with E-state index < -0.39 is 12.1 Å². The Bertz CT molecular complexity index is 948. The van der Waals surface area contributed by atoms with E-state index in [2.05, 4.69) is 5.32 Å². The molecule has 0 fully saturated rings. The molecule has 0 bridgehead atoms. The lowest BCUT2D eigenvalue weighted by Gasteiger charge is -2.15. The first-order valence-electron chi connectivity index (χ1n) is 8.88. The Labute approximate surface area is 171 Å². The summed E-state index contributed by atoms with van der Waals surface area (Å²) in [6, 6.07) is 13.0. The topological polar surface area (TPSA) is 64.6 Å². The number of thiophene rings is 2. The average molecular weight is 416 g/mol. The molecule has 3 aromatic rings. The summed E-state index contributed by atoms with van der Waals surface area (Å²) in [7, 11) is 0. The first-order chi connectivity index (χ1) is 13.5. The number of esters is 1. The molecule has 1 amide bonds. The van der Waals surface area contributed by atoms with Crippen molar-refractivity contribution in [1.82, 2.24) is 0 Å². The molecule has 1 N–H and O–H groups in total. The van der Waals surface area contributed by atoms with Crippen molar-refractivity contribution < 1.29 is 19.1 Å². The third-order valence-corrected chi connectivity index (χ3v) is 5.90. The van der Waals surface area contributed by atoms with Crippen molar-refractivity contribution in [2.45, 2.75) is 26.9 Å². The molecule has 3 rings (SSSR count). The number of carbonyl (C=O) groups is 2. The van der Waals surface area contributed by atoms with E-state index in [0.717, 1.165) is 15.3 Å². The van der Waals surface area contributed by atoms with E-state index >= 15 is 0 Å². The van der Waals surface area contributed by atoms with Gasteiger partial charge in [0.25, 0.3) is 5.91 Å². The van der Waals surface area contributed by atoms with Crippen LogP contribution in [0, 0.1) is 6.92 Å². The molecule has 0 aliphatic rings. The van der Waals surface area contributed by atoms with Gasteiger partial charge in [-0.25, -0.2) is 4.79 Å². The van der Waals surface area contributed by atoms with Crippen LogP contribution in [0.1, 0.15) is 29.1 Å². The lowest BCUT2D eigenvalue weighted by Crippen LogP contribution is -2.30. The van der Waals surface area contributed by atoms with Crippen molar-refractivity contribution >= 4 is 39.6 Å². The average Bonchev–Trinajstić information content (AvgIpc) is 3.30. The van der Waals surface area contributed by atoms with Crippen LogP contribution in [-0.4, -0.2) is 24.6 Å². The standard InChI is InChI=1S/C21H21NO4S2/c1-4-25-21(24)18-17(16-11-8-12-27-16)14(3)28-20(18)22-19(23)13(2)26-15-9-6-5-7-10-15/h5-13H,4H2,1-3H3,(H,22,23). The van der Waals surface area contributed by atoms with Crippen molar-refractivity contribution in [2.24, 2.45) is 0 Å². The van der Waals surface area contributed by atoms with Crippen LogP contribution in [0.3, 0.4) is 0 Å². The first-order valence-corrected chi connectivity index (χ1v) is 10.6. The summed E-state index contributed by atoms with van der Waals surface area (Å²) in [5, 5.41) is 5.28. The van der Waals surface area contributed by atoms with Crippen molar-refractivity contribution in [3.63, 3.8) is 0 Å². The molecule has 1 aromatic carbocycles. The second-order valence-corrected chi connectivity index (χ2v) is 8.17. The Morgan fingerprint density at radius 3 is 2.54 bits per heavy atom. The van der Waals surface area contributed by atoms with Gasteiger partial charge in [0.1, 0.15) is 16.3 Å². The van der Waals surface area contributed by atoms with Crippen LogP contribution in [-0.2, 0) is 9.53 Å². The maximum Gasteiger partial charge on any atom is 0.341 e. The molecule has 0 radical (unpaired) electrons. The SMILES string of the molecule is CCOC(=O)c1c(NC(=O)C(C)Oc2ccccc2)sc(C)c1-c1cccs1. The van der Waals surface area contributed by atoms with Gasteiger partial charge in [0.05, 0.1) is 6.61 Å². The number of hydrogen-bond donors (Lipinski definition) is 1. The molecule has 0 aliphatic carbocycles. The lowest BCUT2D eigenvalue weighted by molar-refractivity contribution is -0.122. The molecule has 28 heavy (non-hydrogen) atoms. The molecule has 146 valence electrons. The van der Waals surface area contributed by atoms with E-state index in [1.807, 2.05) is 42.6 Å². The molecule has 0 saturated heterocycles. The second-order valence-electron chi connectivity index (χ2n) is 6.00. The molecule has 1 unspecified atom stereocenters. The van der Waals surface area contributed by atoms with E-state index in [1.54, 1.807) is 37.3 Å². The molecule has 7 heteroatoms. The van der Waals surface area contributed by atoms with Crippen LogP contribution >= 0.6 is 22.7 Å². The number of ether oxygens (including phenoxy) is 2. The van der Waals surface area contributed by atoms with Gasteiger partial charge in [0, 0.05) is 15.3 Å². The fourth-order valence-corrected chi connectivity index (χ4v) is 4.68. The minimum Gasteiger partial charge on any atom is -0.481 e. The number of carbonyl (C=O) groups excluding carboxylic acids is 2. The van der Waals surface area contributed by atoms with Gasteiger partial charge >= 0.3 is 5.97 Å². The highest BCUT2D eigenvalue weighted by Crippen LogP contribution is 2.42. The van der Waals surface area contributed by atoms with Gasteiger partial charge in [-0.2, -0.15) is 0 Å². The van der Waals surface area contributed by atoms with Crippen molar-refractivity contribution in [2.75, 3.05) is 11.9 Å². The number of benzene rings is 1. The minimum atomic E-state index is -0.718. The summed E-state index contributed by atoms with van der Waals surface area (Å²) < 4.78 is 10.9. The van der Waals surface area contributed by atoms with Crippen molar-refractivity contribution in [3.05, 3.63) is 58.3 Å². The third-order valence-electron chi connectivity index (χ3n) is 3.99. The molecule has 2 aromatic heterocycles. The number of rotatable bonds is 7. The summed E-state index contributed by atoms with van der Waals surface area (Å²) in [6.45, 7) is 5.63. The third kappa shape index (κ3) is 4.43. The highest BCUT2D eigenvalue weighted by molar-refractivity contribution is 7.18. The Balaban J connectivity index is 1.87. The van der Waals surface area contributed by atoms with Gasteiger partial charge in [0.2, 0.25) is 0 Å². The number of aryl methyl sites for hydroxylation is 1. The molecule has 1 atom stereocenters. The number of nitrogens with one attached hydrogen (secondary N) is 1. The van der Waals surface area contributed by atoms with Crippen LogP contribution in [0.4, 0.5) is 5.00 Å². The summed E-state index contributed by atoms with van der Waals surface area (Å²) >= 11 is 2.91. The quantitative estimate of drug-likeness (QED) is 0.527. The predicted octanol–water partition coefficient (Wildman–Crippen LogP) is 5.37. The Morgan fingerprint density at radius 1 is 1.14 bits per heavy atom. The van der Waals surface area contributed by atoms with Crippen LogP contribution in [0.25, 0.3) is 10.4 Å². The summed E-state index contributed by atoms with van der Waals surface area (Å²) in [5.74, 6) is -0.159. The van der Waals surface area contributed by atoms with Gasteiger partial charge in [0.15, 0.2) is 6.10 Å². The second kappa shape index (κ2) is 9.03. The predicted molar refractivity (Wildman–Crippen MR) is 113 cm³/mol. The molecule has 0 aliphatic heterocycles. The Hall–Kier alpha value is -2.64. The summed E-state index contributed by atoms with van der Waals surface area (Å²) in [4.78, 5) is 27.2. The highest BCUT2D eigenvalue weighted by atomic mass is 32.1. The molecule has 0 spiro atoms. The normalized spacial score (nSPS) is 11.7. The molecule has 5 nitrogen and oxygen atoms in total. The smallest absolute Gasteiger partial charge is 0.341 e. The molecular formula is C21H21NO4S2. The minimum absolute atomic E-state index is 0.262. The molecule has 0 saturated carbocycles. The summed E-state index contributed by atoms with van der Waals surface area (Å²) in [5.41, 5.74) is 1.21. The lowest BCUT2D eigenvalue weighted by atomic mass is 10.1. The van der Waals surface area contributed by atoms with Crippen LogP contribution in [0.2, 0.25) is 0 Å². The van der Waals surface area contributed by atoms with E-state index in [9.17, 15) is 9.59 Å². The van der Waals surface area contributed by atoms with E-state index in [4.69, 9.17) is 9.47 Å². The van der Waals surface area contributed by atoms with Gasteiger partial charge < -0.3 is 14.8 Å². The monoisotopic (exact) mass is 415 g/mol. The van der Waals surface area contributed by atoms with Crippen LogP contribution in [0.5, 0.6) is 5.75 Å². The zero-order valence-electron chi connectivity index (χ0n) is 15.9. The van der Waals surface area contributed by atoms with E-state index in [-0.39, 0.29) is 12.5 Å². The largest absolute Gasteiger partial charge is 0.481 e. The van der Waals surface area contributed by atoms with E-state index in [1.165, 1.54) is 11.3 Å². The van der Waals surface area contributed by atoms with Gasteiger partial charge in [-0.1, -0.05) is 24.3 Å². The number of para-hydroxylation sites is 1. The zero-order valence-corrected chi connectivity index (χ0v) is 17.5. The van der Waals surface area contributed by atoms with Crippen LogP contribution < -0.4 is 10.1 Å². The summed E-state index contributed by atoms with van der Waals surface area (Å²) in [6.07, 6.45) is -0.718. The molecular weight excluding hydrogens is 394 g/mol. The number of amides is 1. The fraction of sp³-hybridized carbons (Fsp3) is 0.238. The maximum absolute atomic E-state index is 12.7. The van der Waals surface area contributed by atoms with Crippen molar-refractivity contribution in [3.8, 4) is 16.2 Å². The van der Waals surface area contributed by atoms with Gasteiger partial charge in [-0.05, 0) is 44.4 Å². The first kappa shape index (κ1) is 20.1. The molecule has 2 heterocycles. The highest BCUT2D eigenvalue weighted by Gasteiger charge is 2.27. The van der Waals surface area contributed by atoms with Gasteiger partial charge in [-0.3, -0.25) is 4.79 Å². The zero-order chi connectivity index (χ0) is 20.1. The van der Waals surface area contributed by atoms with Gasteiger partial charge in [-0.15, -0.1) is 22.7 Å². The van der Waals surface area contributed by atoms with Crippen LogP contribution in [0.15, 0.2) is 47.8 Å². The fourth-order valence-electron chi connectivity index (χ4n) is 2.72. The Kier molecular flexibility index (Phi) is 6.49. The Morgan fingerprint density at radius 2 is 1.89 bits per heavy atom. The number of anilines is 1. The number of hydrogen-bond acceptors (Lipinski definition) is 6.